The molecule has 0 bridgehead atoms. The molecule has 3 aliphatic heterocycles. The molecule has 6 heteroatoms. The molecule has 1 N–H and O–H groups in total. The number of carbonyl (C=O) groups excluding carboxylic acids is 1. The number of ether oxygens (including phenoxy) is 1. The number of thiol groups is 1. The topological polar surface area (TPSA) is 52.8 Å². The average molecular weight is 300 g/mol. The highest BCUT2D eigenvalue weighted by molar-refractivity contribution is 8.48. The fourth-order valence-electron chi connectivity index (χ4n) is 3.05. The highest BCUT2D eigenvalue weighted by Crippen LogP contribution is 2.85. The van der Waals surface area contributed by atoms with Gasteiger partial charge in [-0.3, -0.25) is 4.90 Å². The van der Waals surface area contributed by atoms with E-state index in [1.807, 2.05) is 33.3 Å². The van der Waals surface area contributed by atoms with E-state index in [1.54, 1.807) is 4.90 Å². The molecule has 0 aliphatic carbocycles. The van der Waals surface area contributed by atoms with Crippen LogP contribution < -0.4 is 0 Å². The maximum atomic E-state index is 12.1. The molecule has 1 amide bonds. The zero-order chi connectivity index (χ0) is 14.9. The minimum absolute atomic E-state index is 0.137. The highest BCUT2D eigenvalue weighted by atomic mass is 32.3. The fraction of sp³-hybridized carbons (Fsp3) is 0.643. The lowest BCUT2D eigenvalue weighted by atomic mass is 10.2. The fourth-order valence-corrected chi connectivity index (χ4v) is 6.58. The van der Waals surface area contributed by atoms with Crippen molar-refractivity contribution in [1.29, 1.82) is 0 Å². The second-order valence-electron chi connectivity index (χ2n) is 7.51. The second-order valence-corrected chi connectivity index (χ2v) is 12.6. The Kier molecular flexibility index (Phi) is 2.45. The minimum atomic E-state index is -2.71. The van der Waals surface area contributed by atoms with Gasteiger partial charge in [0, 0.05) is 5.70 Å². The lowest BCUT2D eigenvalue weighted by Crippen LogP contribution is -2.36. The summed E-state index contributed by atoms with van der Waals surface area (Å²) >= 11 is 0. The van der Waals surface area contributed by atoms with Crippen molar-refractivity contribution < 1.29 is 14.1 Å². The van der Waals surface area contributed by atoms with Crippen molar-refractivity contribution >= 4 is 15.7 Å². The van der Waals surface area contributed by atoms with E-state index in [4.69, 9.17) is 4.74 Å². The van der Waals surface area contributed by atoms with E-state index in [-0.39, 0.29) is 11.5 Å². The van der Waals surface area contributed by atoms with Crippen LogP contribution in [0.1, 0.15) is 20.8 Å². The highest BCUT2D eigenvalue weighted by Gasteiger charge is 2.63. The van der Waals surface area contributed by atoms with Crippen molar-refractivity contribution in [2.24, 2.45) is 0 Å². The zero-order valence-corrected chi connectivity index (χ0v) is 13.6. The van der Waals surface area contributed by atoms with E-state index in [1.165, 1.54) is 0 Å². The predicted octanol–water partition coefficient (Wildman–Crippen LogP) is 2.42. The Morgan fingerprint density at radius 1 is 1.40 bits per heavy atom. The summed E-state index contributed by atoms with van der Waals surface area (Å²) in [5.41, 5.74) is 1.73. The third-order valence-electron chi connectivity index (χ3n) is 4.08. The monoisotopic (exact) mass is 300 g/mol. The van der Waals surface area contributed by atoms with Gasteiger partial charge in [-0.2, -0.15) is 0 Å². The summed E-state index contributed by atoms with van der Waals surface area (Å²) in [6.07, 6.45) is 7.73. The normalized spacial score (nSPS) is 31.3. The number of amides is 1. The number of hydrogen-bond acceptors (Lipinski definition) is 4. The van der Waals surface area contributed by atoms with Crippen LogP contribution in [-0.2, 0) is 4.74 Å². The Labute approximate surface area is 120 Å². The van der Waals surface area contributed by atoms with Crippen LogP contribution in [0.3, 0.4) is 0 Å². The number of nitrogens with zero attached hydrogens (tertiary/aromatic N) is 2. The van der Waals surface area contributed by atoms with Crippen molar-refractivity contribution in [3.63, 3.8) is 0 Å². The van der Waals surface area contributed by atoms with Gasteiger partial charge in [-0.05, 0) is 38.9 Å². The molecule has 114 valence electrons. The van der Waals surface area contributed by atoms with Gasteiger partial charge in [-0.25, -0.2) is 4.79 Å². The molecular weight excluding hydrogens is 276 g/mol. The molecule has 3 heterocycles. The SMILES string of the molecule is CC(C)(C)OC(=O)N1CC2=C(C1)N1C(C=C2)[SH]1(C)(C)O. The van der Waals surface area contributed by atoms with Gasteiger partial charge in [-0.1, -0.05) is 12.2 Å². The van der Waals surface area contributed by atoms with Gasteiger partial charge in [0.05, 0.1) is 13.1 Å². The summed E-state index contributed by atoms with van der Waals surface area (Å²) in [5.74, 6) is 0. The maximum Gasteiger partial charge on any atom is 0.410 e. The van der Waals surface area contributed by atoms with Crippen LogP contribution in [0, 0.1) is 0 Å². The van der Waals surface area contributed by atoms with Gasteiger partial charge < -0.3 is 13.6 Å². The zero-order valence-electron chi connectivity index (χ0n) is 12.8. The second kappa shape index (κ2) is 3.54. The van der Waals surface area contributed by atoms with E-state index in [0.29, 0.717) is 13.1 Å². The summed E-state index contributed by atoms with van der Waals surface area (Å²) in [6.45, 7) is 6.70. The first kappa shape index (κ1) is 13.8. The number of fused-ring (bicyclic) bond motifs is 2. The Balaban J connectivity index is 1.75. The molecule has 20 heavy (non-hydrogen) atoms. The van der Waals surface area contributed by atoms with E-state index >= 15 is 0 Å². The Hall–Kier alpha value is -1.14. The molecule has 5 nitrogen and oxygen atoms in total. The standard InChI is InChI=1S/C14H24N2O3S/c1-14(2,3)19-13(17)15-8-10-6-7-12-16(11(10)9-15)20(12,4,5)18/h6-7,12,18,20H,8-9H2,1-5H3. The molecule has 3 rings (SSSR count). The summed E-state index contributed by atoms with van der Waals surface area (Å²) in [5, 5.41) is 0.137. The quantitative estimate of drug-likeness (QED) is 0.533. The van der Waals surface area contributed by atoms with E-state index < -0.39 is 15.2 Å². The Morgan fingerprint density at radius 3 is 2.65 bits per heavy atom. The van der Waals surface area contributed by atoms with Crippen LogP contribution in [0.4, 0.5) is 4.79 Å². The largest absolute Gasteiger partial charge is 0.444 e. The smallest absolute Gasteiger partial charge is 0.410 e. The molecule has 1 atom stereocenters. The van der Waals surface area contributed by atoms with Crippen LogP contribution in [0.15, 0.2) is 23.4 Å². The van der Waals surface area contributed by atoms with E-state index in [9.17, 15) is 9.35 Å². The first-order valence-electron chi connectivity index (χ1n) is 6.92. The molecule has 0 saturated carbocycles. The lowest BCUT2D eigenvalue weighted by Gasteiger charge is -2.32. The first-order valence-corrected chi connectivity index (χ1v) is 10.0. The van der Waals surface area contributed by atoms with Gasteiger partial charge in [-0.15, -0.1) is 9.63 Å². The van der Waals surface area contributed by atoms with Crippen LogP contribution in [0.5, 0.6) is 0 Å². The van der Waals surface area contributed by atoms with Gasteiger partial charge in [0.15, 0.2) is 0 Å². The Bertz CT molecular complexity index is 551. The molecular formula is C14H24N2O3S. The number of hydrogen-bond donors (Lipinski definition) is 2. The molecule has 0 aromatic heterocycles. The van der Waals surface area contributed by atoms with Crippen molar-refractivity contribution in [2.75, 3.05) is 25.6 Å². The van der Waals surface area contributed by atoms with Crippen LogP contribution in [-0.4, -0.2) is 56.4 Å². The lowest BCUT2D eigenvalue weighted by molar-refractivity contribution is 0.0297. The molecule has 0 spiro atoms. The summed E-state index contributed by atoms with van der Waals surface area (Å²) in [4.78, 5) is 13.9. The van der Waals surface area contributed by atoms with Gasteiger partial charge >= 0.3 is 6.09 Å². The Morgan fingerprint density at radius 2 is 2.05 bits per heavy atom. The van der Waals surface area contributed by atoms with Crippen LogP contribution in [0.25, 0.3) is 0 Å². The molecule has 0 radical (unpaired) electrons. The molecule has 1 fully saturated rings. The maximum absolute atomic E-state index is 12.1. The predicted molar refractivity (Wildman–Crippen MR) is 83.1 cm³/mol. The molecule has 3 aliphatic rings. The van der Waals surface area contributed by atoms with Gasteiger partial charge in [0.2, 0.25) is 0 Å². The minimum Gasteiger partial charge on any atom is -0.444 e. The van der Waals surface area contributed by atoms with E-state index in [0.717, 1.165) is 11.3 Å². The summed E-state index contributed by atoms with van der Waals surface area (Å²) < 4.78 is 18.3. The van der Waals surface area contributed by atoms with Gasteiger partial charge in [0.25, 0.3) is 0 Å². The number of carbonyl (C=O) groups is 1. The first-order chi connectivity index (χ1) is 8.98. The average Bonchev–Trinajstić information content (AvgIpc) is 2.63. The van der Waals surface area contributed by atoms with Crippen molar-refractivity contribution in [3.05, 3.63) is 23.4 Å². The van der Waals surface area contributed by atoms with Crippen LogP contribution >= 0.6 is 9.63 Å². The molecule has 0 aromatic carbocycles. The van der Waals surface area contributed by atoms with Crippen LogP contribution in [0.2, 0.25) is 0 Å². The third-order valence-corrected chi connectivity index (χ3v) is 7.58. The summed E-state index contributed by atoms with van der Waals surface area (Å²) in [7, 11) is -2.71. The van der Waals surface area contributed by atoms with Crippen molar-refractivity contribution in [2.45, 2.75) is 31.7 Å². The van der Waals surface area contributed by atoms with Crippen molar-refractivity contribution in [3.8, 4) is 0 Å². The number of rotatable bonds is 0. The molecule has 1 saturated heterocycles. The molecule has 1 unspecified atom stereocenters. The van der Waals surface area contributed by atoms with Crippen molar-refractivity contribution in [1.82, 2.24) is 9.21 Å². The summed E-state index contributed by atoms with van der Waals surface area (Å²) in [6, 6.07) is 0. The van der Waals surface area contributed by atoms with E-state index in [2.05, 4.69) is 16.5 Å². The molecule has 0 aromatic rings. The van der Waals surface area contributed by atoms with Gasteiger partial charge in [0.1, 0.15) is 11.0 Å². The third kappa shape index (κ3) is 1.93.